The van der Waals surface area contributed by atoms with Crippen molar-refractivity contribution in [2.75, 3.05) is 26.4 Å². The van der Waals surface area contributed by atoms with Crippen LogP contribution in [0.25, 0.3) is 0 Å². The van der Waals surface area contributed by atoms with E-state index in [9.17, 15) is 9.90 Å². The summed E-state index contributed by atoms with van der Waals surface area (Å²) < 4.78 is 7.14. The van der Waals surface area contributed by atoms with Crippen LogP contribution in [0.2, 0.25) is 0 Å². The lowest BCUT2D eigenvalue weighted by Gasteiger charge is -2.22. The van der Waals surface area contributed by atoms with Crippen molar-refractivity contribution in [2.45, 2.75) is 44.4 Å². The van der Waals surface area contributed by atoms with E-state index in [1.165, 1.54) is 19.3 Å². The van der Waals surface area contributed by atoms with E-state index in [4.69, 9.17) is 4.74 Å². The predicted octanol–water partition coefficient (Wildman–Crippen LogP) is 1.84. The Morgan fingerprint density at radius 1 is 1.42 bits per heavy atom. The SMILES string of the molecule is Cn1cc(C(=O)NCC(CO)C2CCOC2)c(C2CCCCC2)n1. The lowest BCUT2D eigenvalue weighted by molar-refractivity contribution is 0.0916. The van der Waals surface area contributed by atoms with Crippen LogP contribution in [-0.2, 0) is 11.8 Å². The first-order valence-electron chi connectivity index (χ1n) is 9.19. The van der Waals surface area contributed by atoms with E-state index in [0.717, 1.165) is 31.6 Å². The molecule has 1 saturated carbocycles. The monoisotopic (exact) mass is 335 g/mol. The first-order chi connectivity index (χ1) is 11.7. The van der Waals surface area contributed by atoms with Gasteiger partial charge in [-0.05, 0) is 25.2 Å². The van der Waals surface area contributed by atoms with Crippen molar-refractivity contribution in [1.29, 1.82) is 0 Å². The van der Waals surface area contributed by atoms with Gasteiger partial charge >= 0.3 is 0 Å². The van der Waals surface area contributed by atoms with E-state index in [-0.39, 0.29) is 18.4 Å². The molecule has 1 aromatic heterocycles. The summed E-state index contributed by atoms with van der Waals surface area (Å²) in [6.07, 6.45) is 8.75. The molecule has 1 amide bonds. The van der Waals surface area contributed by atoms with Gasteiger partial charge in [-0.3, -0.25) is 9.48 Å². The number of aryl methyl sites for hydroxylation is 1. The van der Waals surface area contributed by atoms with Gasteiger partial charge in [-0.2, -0.15) is 5.10 Å². The molecule has 0 aromatic carbocycles. The first-order valence-corrected chi connectivity index (χ1v) is 9.19. The number of hydrogen-bond acceptors (Lipinski definition) is 4. The summed E-state index contributed by atoms with van der Waals surface area (Å²) in [6, 6.07) is 0. The molecular weight excluding hydrogens is 306 g/mol. The van der Waals surface area contributed by atoms with Crippen molar-refractivity contribution in [3.05, 3.63) is 17.5 Å². The maximum absolute atomic E-state index is 12.7. The molecule has 0 radical (unpaired) electrons. The first kappa shape index (κ1) is 17.4. The highest BCUT2D eigenvalue weighted by molar-refractivity contribution is 5.95. The molecule has 0 bridgehead atoms. The summed E-state index contributed by atoms with van der Waals surface area (Å²) in [4.78, 5) is 12.7. The van der Waals surface area contributed by atoms with Crippen LogP contribution < -0.4 is 5.32 Å². The van der Waals surface area contributed by atoms with Crippen LogP contribution in [0.3, 0.4) is 0 Å². The van der Waals surface area contributed by atoms with Crippen LogP contribution >= 0.6 is 0 Å². The fourth-order valence-electron chi connectivity index (χ4n) is 3.98. The minimum absolute atomic E-state index is 0.0613. The van der Waals surface area contributed by atoms with Gasteiger partial charge in [0, 0.05) is 51.4 Å². The van der Waals surface area contributed by atoms with Gasteiger partial charge < -0.3 is 15.2 Å². The molecule has 1 aliphatic heterocycles. The van der Waals surface area contributed by atoms with Gasteiger partial charge in [0.15, 0.2) is 0 Å². The molecule has 1 aliphatic carbocycles. The van der Waals surface area contributed by atoms with Crippen LogP contribution in [0.4, 0.5) is 0 Å². The molecule has 2 atom stereocenters. The van der Waals surface area contributed by atoms with Crippen molar-refractivity contribution in [1.82, 2.24) is 15.1 Å². The number of ether oxygens (including phenoxy) is 1. The molecule has 0 spiro atoms. The number of aromatic nitrogens is 2. The van der Waals surface area contributed by atoms with Crippen molar-refractivity contribution in [2.24, 2.45) is 18.9 Å². The number of hydrogen-bond donors (Lipinski definition) is 2. The highest BCUT2D eigenvalue weighted by Gasteiger charge is 2.28. The second-order valence-corrected chi connectivity index (χ2v) is 7.21. The van der Waals surface area contributed by atoms with Crippen molar-refractivity contribution >= 4 is 5.91 Å². The van der Waals surface area contributed by atoms with E-state index in [1.54, 1.807) is 4.68 Å². The number of rotatable bonds is 6. The zero-order valence-corrected chi connectivity index (χ0v) is 14.5. The molecule has 2 aliphatic rings. The van der Waals surface area contributed by atoms with E-state index in [1.807, 2.05) is 13.2 Å². The molecule has 2 heterocycles. The average molecular weight is 335 g/mol. The van der Waals surface area contributed by atoms with E-state index in [0.29, 0.717) is 30.6 Å². The summed E-state index contributed by atoms with van der Waals surface area (Å²) in [5.41, 5.74) is 1.64. The third kappa shape index (κ3) is 3.98. The lowest BCUT2D eigenvalue weighted by Crippen LogP contribution is -2.35. The van der Waals surface area contributed by atoms with E-state index >= 15 is 0 Å². The smallest absolute Gasteiger partial charge is 0.254 e. The standard InChI is InChI=1S/C18H29N3O3/c1-21-10-16(17(20-21)13-5-3-2-4-6-13)18(23)19-9-15(11-22)14-7-8-24-12-14/h10,13-15,22H,2-9,11-12H2,1H3,(H,19,23). The molecule has 3 rings (SSSR count). The quantitative estimate of drug-likeness (QED) is 0.832. The maximum Gasteiger partial charge on any atom is 0.254 e. The molecule has 6 nitrogen and oxygen atoms in total. The van der Waals surface area contributed by atoms with E-state index in [2.05, 4.69) is 10.4 Å². The summed E-state index contributed by atoms with van der Waals surface area (Å²) in [5, 5.41) is 17.2. The number of nitrogens with one attached hydrogen (secondary N) is 1. The second-order valence-electron chi connectivity index (χ2n) is 7.21. The highest BCUT2D eigenvalue weighted by atomic mass is 16.5. The number of aliphatic hydroxyl groups excluding tert-OH is 1. The molecule has 1 aromatic rings. The zero-order valence-electron chi connectivity index (χ0n) is 14.5. The number of carbonyl (C=O) groups excluding carboxylic acids is 1. The Hall–Kier alpha value is -1.40. The molecule has 1 saturated heterocycles. The van der Waals surface area contributed by atoms with Crippen LogP contribution in [0.1, 0.15) is 60.5 Å². The normalized spacial score (nSPS) is 23.3. The fraction of sp³-hybridized carbons (Fsp3) is 0.778. The molecule has 134 valence electrons. The van der Waals surface area contributed by atoms with Crippen LogP contribution in [0.5, 0.6) is 0 Å². The maximum atomic E-state index is 12.7. The zero-order chi connectivity index (χ0) is 16.9. The molecule has 2 unspecified atom stereocenters. The van der Waals surface area contributed by atoms with Crippen molar-refractivity contribution < 1.29 is 14.6 Å². The second kappa shape index (κ2) is 8.12. The third-order valence-electron chi connectivity index (χ3n) is 5.48. The number of nitrogens with zero attached hydrogens (tertiary/aromatic N) is 2. The van der Waals surface area contributed by atoms with Gasteiger partial charge in [0.2, 0.25) is 0 Å². The van der Waals surface area contributed by atoms with Gasteiger partial charge in [-0.15, -0.1) is 0 Å². The summed E-state index contributed by atoms with van der Waals surface area (Å²) in [7, 11) is 1.87. The summed E-state index contributed by atoms with van der Waals surface area (Å²) in [5.74, 6) is 0.729. The fourth-order valence-corrected chi connectivity index (χ4v) is 3.98. The minimum atomic E-state index is -0.0685. The summed E-state index contributed by atoms with van der Waals surface area (Å²) in [6.45, 7) is 2.00. The van der Waals surface area contributed by atoms with Crippen molar-refractivity contribution in [3.63, 3.8) is 0 Å². The Bertz CT molecular complexity index is 546. The predicted molar refractivity (Wildman–Crippen MR) is 90.9 cm³/mol. The molecule has 24 heavy (non-hydrogen) atoms. The number of amides is 1. The van der Waals surface area contributed by atoms with Crippen molar-refractivity contribution in [3.8, 4) is 0 Å². The molecule has 2 fully saturated rings. The molecule has 2 N–H and O–H groups in total. The van der Waals surface area contributed by atoms with Crippen LogP contribution in [0.15, 0.2) is 6.20 Å². The Kier molecular flexibility index (Phi) is 5.89. The van der Waals surface area contributed by atoms with Gasteiger partial charge in [-0.25, -0.2) is 0 Å². The highest BCUT2D eigenvalue weighted by Crippen LogP contribution is 2.33. The number of aliphatic hydroxyl groups is 1. The van der Waals surface area contributed by atoms with Gasteiger partial charge in [-0.1, -0.05) is 19.3 Å². The van der Waals surface area contributed by atoms with E-state index < -0.39 is 0 Å². The van der Waals surface area contributed by atoms with Gasteiger partial charge in [0.25, 0.3) is 5.91 Å². The third-order valence-corrected chi connectivity index (χ3v) is 5.48. The summed E-state index contributed by atoms with van der Waals surface area (Å²) >= 11 is 0. The van der Waals surface area contributed by atoms with Crippen LogP contribution in [-0.4, -0.2) is 47.2 Å². The van der Waals surface area contributed by atoms with Gasteiger partial charge in [0.05, 0.1) is 11.3 Å². The Balaban J connectivity index is 1.63. The van der Waals surface area contributed by atoms with Gasteiger partial charge in [0.1, 0.15) is 0 Å². The topological polar surface area (TPSA) is 76.4 Å². The number of carbonyl (C=O) groups is 1. The lowest BCUT2D eigenvalue weighted by atomic mass is 9.85. The molecule has 6 heteroatoms. The minimum Gasteiger partial charge on any atom is -0.396 e. The Labute approximate surface area is 143 Å². The van der Waals surface area contributed by atoms with Crippen LogP contribution in [0, 0.1) is 11.8 Å². The average Bonchev–Trinajstić information content (AvgIpc) is 3.26. The molecular formula is C18H29N3O3. The Morgan fingerprint density at radius 2 is 2.21 bits per heavy atom. The largest absolute Gasteiger partial charge is 0.396 e. The Morgan fingerprint density at radius 3 is 2.88 bits per heavy atom.